The molecule has 0 aliphatic heterocycles. The van der Waals surface area contributed by atoms with Gasteiger partial charge in [-0.2, -0.15) is 13.2 Å². The van der Waals surface area contributed by atoms with Gasteiger partial charge >= 0.3 is 5.51 Å². The number of rotatable bonds is 3. The fourth-order valence-corrected chi connectivity index (χ4v) is 1.71. The summed E-state index contributed by atoms with van der Waals surface area (Å²) in [6.07, 6.45) is -0.735. The van der Waals surface area contributed by atoms with Gasteiger partial charge in [-0.25, -0.2) is 0 Å². The quantitative estimate of drug-likeness (QED) is 0.812. The molecule has 16 heavy (non-hydrogen) atoms. The lowest BCUT2D eigenvalue weighted by Crippen LogP contribution is -2.22. The van der Waals surface area contributed by atoms with Gasteiger partial charge in [-0.3, -0.25) is 0 Å². The Labute approximate surface area is 95.6 Å². The molecule has 2 nitrogen and oxygen atoms in total. The largest absolute Gasteiger partial charge is 0.446 e. The summed E-state index contributed by atoms with van der Waals surface area (Å²) >= 11 is -0.174. The number of aliphatic hydroxyl groups is 1. The summed E-state index contributed by atoms with van der Waals surface area (Å²) in [5.74, 6) is 0. The van der Waals surface area contributed by atoms with Gasteiger partial charge < -0.3 is 10.8 Å². The normalized spacial score (nSPS) is 15.9. The Hall–Kier alpha value is -0.720. The molecule has 6 heteroatoms. The monoisotopic (exact) mass is 251 g/mol. The minimum Gasteiger partial charge on any atom is -0.391 e. The first-order valence-corrected chi connectivity index (χ1v) is 5.40. The number of halogens is 3. The van der Waals surface area contributed by atoms with E-state index in [9.17, 15) is 18.3 Å². The molecular weight excluding hydrogens is 239 g/mol. The van der Waals surface area contributed by atoms with Crippen LogP contribution >= 0.6 is 11.8 Å². The maximum Gasteiger partial charge on any atom is 0.446 e. The number of nitrogens with two attached hydrogens (primary N) is 1. The van der Waals surface area contributed by atoms with E-state index in [4.69, 9.17) is 5.73 Å². The second kappa shape index (κ2) is 5.07. The molecule has 0 radical (unpaired) electrons. The lowest BCUT2D eigenvalue weighted by molar-refractivity contribution is -0.0328. The highest BCUT2D eigenvalue weighted by Gasteiger charge is 2.29. The Morgan fingerprint density at radius 3 is 2.12 bits per heavy atom. The van der Waals surface area contributed by atoms with Gasteiger partial charge in [0.25, 0.3) is 0 Å². The van der Waals surface area contributed by atoms with Gasteiger partial charge in [0.1, 0.15) is 0 Å². The van der Waals surface area contributed by atoms with E-state index in [1.54, 1.807) is 0 Å². The zero-order chi connectivity index (χ0) is 12.3. The highest BCUT2D eigenvalue weighted by atomic mass is 32.2. The van der Waals surface area contributed by atoms with Crippen molar-refractivity contribution in [2.75, 3.05) is 0 Å². The summed E-state index contributed by atoms with van der Waals surface area (Å²) in [7, 11) is 0. The summed E-state index contributed by atoms with van der Waals surface area (Å²) in [6.45, 7) is 1.53. The molecule has 0 saturated heterocycles. The maximum absolute atomic E-state index is 12.0. The summed E-state index contributed by atoms with van der Waals surface area (Å²) in [5.41, 5.74) is 1.96. The van der Waals surface area contributed by atoms with Crippen LogP contribution in [0.2, 0.25) is 0 Å². The van der Waals surface area contributed by atoms with Crippen LogP contribution in [0, 0.1) is 0 Å². The molecule has 0 spiro atoms. The van der Waals surface area contributed by atoms with Crippen LogP contribution in [0.3, 0.4) is 0 Å². The van der Waals surface area contributed by atoms with Crippen LogP contribution in [0.15, 0.2) is 29.2 Å². The van der Waals surface area contributed by atoms with Gasteiger partial charge in [0.2, 0.25) is 0 Å². The average Bonchev–Trinajstić information content (AvgIpc) is 2.15. The Balaban J connectivity index is 2.76. The van der Waals surface area contributed by atoms with E-state index in [-0.39, 0.29) is 16.7 Å². The van der Waals surface area contributed by atoms with Crippen molar-refractivity contribution in [3.8, 4) is 0 Å². The standard InChI is InChI=1S/C10H12F3NOS/c1-6(15)9(14)7-2-4-8(5-3-7)16-10(11,12)13/h2-6,9,15H,14H2,1H3/t6-,9+/m0/s1. The summed E-state index contributed by atoms with van der Waals surface area (Å²) in [5, 5.41) is 9.22. The van der Waals surface area contributed by atoms with Crippen molar-refractivity contribution in [1.29, 1.82) is 0 Å². The number of benzene rings is 1. The molecule has 3 N–H and O–H groups in total. The predicted molar refractivity (Wildman–Crippen MR) is 57.0 cm³/mol. The Kier molecular flexibility index (Phi) is 4.23. The topological polar surface area (TPSA) is 46.2 Å². The molecule has 1 rings (SSSR count). The van der Waals surface area contributed by atoms with Crippen molar-refractivity contribution >= 4 is 11.8 Å². The van der Waals surface area contributed by atoms with Gasteiger partial charge in [-0.1, -0.05) is 12.1 Å². The van der Waals surface area contributed by atoms with Gasteiger partial charge in [-0.15, -0.1) is 0 Å². The molecule has 0 bridgehead atoms. The summed E-state index contributed by atoms with van der Waals surface area (Å²) in [4.78, 5) is 0.106. The third kappa shape index (κ3) is 4.03. The van der Waals surface area contributed by atoms with Crippen LogP contribution in [0.5, 0.6) is 0 Å². The van der Waals surface area contributed by atoms with E-state index < -0.39 is 17.7 Å². The van der Waals surface area contributed by atoms with E-state index >= 15 is 0 Å². The van der Waals surface area contributed by atoms with Crippen molar-refractivity contribution < 1.29 is 18.3 Å². The van der Waals surface area contributed by atoms with Crippen molar-refractivity contribution in [3.05, 3.63) is 29.8 Å². The molecule has 1 aromatic rings. The van der Waals surface area contributed by atoms with E-state index in [0.29, 0.717) is 5.56 Å². The maximum atomic E-state index is 12.0. The molecule has 0 aromatic heterocycles. The highest BCUT2D eigenvalue weighted by molar-refractivity contribution is 8.00. The molecule has 0 fully saturated rings. The van der Waals surface area contributed by atoms with Gasteiger partial charge in [-0.05, 0) is 36.4 Å². The number of aliphatic hydroxyl groups excluding tert-OH is 1. The first-order valence-electron chi connectivity index (χ1n) is 4.59. The van der Waals surface area contributed by atoms with Crippen molar-refractivity contribution in [2.24, 2.45) is 5.73 Å². The molecule has 0 amide bonds. The van der Waals surface area contributed by atoms with E-state index in [0.717, 1.165) is 0 Å². The van der Waals surface area contributed by atoms with Crippen LogP contribution in [0.25, 0.3) is 0 Å². The van der Waals surface area contributed by atoms with Gasteiger partial charge in [0.05, 0.1) is 12.1 Å². The van der Waals surface area contributed by atoms with Crippen molar-refractivity contribution in [2.45, 2.75) is 29.5 Å². The van der Waals surface area contributed by atoms with Crippen LogP contribution in [0.4, 0.5) is 13.2 Å². The van der Waals surface area contributed by atoms with Crippen molar-refractivity contribution in [3.63, 3.8) is 0 Å². The van der Waals surface area contributed by atoms with Crippen molar-refractivity contribution in [1.82, 2.24) is 0 Å². The first kappa shape index (κ1) is 13.3. The second-order valence-electron chi connectivity index (χ2n) is 3.38. The smallest absolute Gasteiger partial charge is 0.391 e. The lowest BCUT2D eigenvalue weighted by atomic mass is 10.0. The molecule has 0 heterocycles. The number of thioether (sulfide) groups is 1. The number of hydrogen-bond acceptors (Lipinski definition) is 3. The molecule has 0 aliphatic rings. The average molecular weight is 251 g/mol. The van der Waals surface area contributed by atoms with Gasteiger partial charge in [0.15, 0.2) is 0 Å². The number of hydrogen-bond donors (Lipinski definition) is 2. The molecule has 0 aliphatic carbocycles. The summed E-state index contributed by atoms with van der Waals surface area (Å²) in [6, 6.07) is 5.09. The SMILES string of the molecule is C[C@H](O)[C@@H](N)c1ccc(SC(F)(F)F)cc1. The Bertz CT molecular complexity index is 337. The van der Waals surface area contributed by atoms with Crippen LogP contribution in [-0.2, 0) is 0 Å². The lowest BCUT2D eigenvalue weighted by Gasteiger charge is -2.15. The molecule has 0 saturated carbocycles. The highest BCUT2D eigenvalue weighted by Crippen LogP contribution is 2.36. The Morgan fingerprint density at radius 1 is 1.25 bits per heavy atom. The molecule has 2 atom stereocenters. The minimum atomic E-state index is -4.28. The third-order valence-electron chi connectivity index (χ3n) is 2.02. The number of alkyl halides is 3. The van der Waals surface area contributed by atoms with E-state index in [1.807, 2.05) is 0 Å². The van der Waals surface area contributed by atoms with Gasteiger partial charge in [0, 0.05) is 4.90 Å². The predicted octanol–water partition coefficient (Wildman–Crippen LogP) is 2.68. The fraction of sp³-hybridized carbons (Fsp3) is 0.400. The Morgan fingerprint density at radius 2 is 1.75 bits per heavy atom. The van der Waals surface area contributed by atoms with Crippen LogP contribution in [0.1, 0.15) is 18.5 Å². The van der Waals surface area contributed by atoms with Crippen LogP contribution < -0.4 is 5.73 Å². The van der Waals surface area contributed by atoms with Crippen LogP contribution in [-0.4, -0.2) is 16.7 Å². The second-order valence-corrected chi connectivity index (χ2v) is 4.52. The zero-order valence-electron chi connectivity index (χ0n) is 8.53. The summed E-state index contributed by atoms with van der Waals surface area (Å²) < 4.78 is 36.1. The third-order valence-corrected chi connectivity index (χ3v) is 2.76. The van der Waals surface area contributed by atoms with E-state index in [1.165, 1.54) is 31.2 Å². The molecule has 0 unspecified atom stereocenters. The first-order chi connectivity index (χ1) is 7.29. The molecular formula is C10H12F3NOS. The fourth-order valence-electron chi connectivity index (χ4n) is 1.17. The molecule has 90 valence electrons. The molecule has 1 aromatic carbocycles. The zero-order valence-corrected chi connectivity index (χ0v) is 9.35. The van der Waals surface area contributed by atoms with E-state index in [2.05, 4.69) is 0 Å². The minimum absolute atomic E-state index is 0.106.